The Hall–Kier alpha value is -1.94. The lowest BCUT2D eigenvalue weighted by Crippen LogP contribution is -2.17. The Morgan fingerprint density at radius 2 is 1.78 bits per heavy atom. The molecule has 2 aromatic rings. The topological polar surface area (TPSA) is 42.2 Å². The molecule has 2 N–H and O–H groups in total. The molecule has 0 amide bonds. The van der Waals surface area contributed by atoms with Gasteiger partial charge in [0.1, 0.15) is 5.82 Å². The number of anilines is 1. The number of rotatable bonds is 4. The van der Waals surface area contributed by atoms with Gasteiger partial charge in [-0.15, -0.1) is 0 Å². The standard InChI is InChI=1S/C14H16FN3/c1-18(9-11-4-6-17-7-5-11)10-12-2-3-14(16)13(15)8-12/h2-8H,9-10,16H2,1H3. The molecule has 1 aromatic heterocycles. The highest BCUT2D eigenvalue weighted by atomic mass is 19.1. The largest absolute Gasteiger partial charge is 0.396 e. The molecule has 0 aliphatic carbocycles. The summed E-state index contributed by atoms with van der Waals surface area (Å²) in [4.78, 5) is 6.09. The van der Waals surface area contributed by atoms with Crippen LogP contribution in [0.1, 0.15) is 11.1 Å². The van der Waals surface area contributed by atoms with Gasteiger partial charge in [0, 0.05) is 25.5 Å². The molecule has 0 spiro atoms. The molecule has 3 nitrogen and oxygen atoms in total. The lowest BCUT2D eigenvalue weighted by Gasteiger charge is -2.16. The zero-order valence-electron chi connectivity index (χ0n) is 10.3. The van der Waals surface area contributed by atoms with E-state index in [0.29, 0.717) is 6.54 Å². The molecule has 0 saturated carbocycles. The summed E-state index contributed by atoms with van der Waals surface area (Å²) in [5.41, 5.74) is 7.74. The number of hydrogen-bond acceptors (Lipinski definition) is 3. The Bertz CT molecular complexity index is 514. The molecular weight excluding hydrogens is 229 g/mol. The number of aromatic nitrogens is 1. The second-order valence-corrected chi connectivity index (χ2v) is 4.38. The molecule has 0 unspecified atom stereocenters. The molecule has 0 radical (unpaired) electrons. The van der Waals surface area contributed by atoms with E-state index in [0.717, 1.165) is 12.1 Å². The Morgan fingerprint density at radius 1 is 1.11 bits per heavy atom. The van der Waals surface area contributed by atoms with Gasteiger partial charge in [0.15, 0.2) is 0 Å². The van der Waals surface area contributed by atoms with Crippen molar-refractivity contribution in [3.05, 3.63) is 59.7 Å². The number of pyridine rings is 1. The number of nitrogen functional groups attached to an aromatic ring is 1. The van der Waals surface area contributed by atoms with Crippen LogP contribution in [0.2, 0.25) is 0 Å². The van der Waals surface area contributed by atoms with Gasteiger partial charge in [-0.25, -0.2) is 4.39 Å². The van der Waals surface area contributed by atoms with Crippen molar-refractivity contribution < 1.29 is 4.39 Å². The Kier molecular flexibility index (Phi) is 3.89. The number of nitrogens with two attached hydrogens (primary N) is 1. The van der Waals surface area contributed by atoms with Gasteiger partial charge in [0.25, 0.3) is 0 Å². The predicted octanol–water partition coefficient (Wildman–Crippen LogP) is 2.43. The van der Waals surface area contributed by atoms with Crippen LogP contribution in [-0.4, -0.2) is 16.9 Å². The third-order valence-corrected chi connectivity index (χ3v) is 2.72. The second-order valence-electron chi connectivity index (χ2n) is 4.38. The van der Waals surface area contributed by atoms with Crippen LogP contribution in [0, 0.1) is 5.82 Å². The third kappa shape index (κ3) is 3.28. The van der Waals surface area contributed by atoms with Gasteiger partial charge in [0.05, 0.1) is 5.69 Å². The number of nitrogens with zero attached hydrogens (tertiary/aromatic N) is 2. The lowest BCUT2D eigenvalue weighted by molar-refractivity contribution is 0.318. The molecule has 18 heavy (non-hydrogen) atoms. The highest BCUT2D eigenvalue weighted by Crippen LogP contribution is 2.14. The Morgan fingerprint density at radius 3 is 2.44 bits per heavy atom. The van der Waals surface area contributed by atoms with Crippen molar-refractivity contribution in [2.75, 3.05) is 12.8 Å². The van der Waals surface area contributed by atoms with Gasteiger partial charge in [0.2, 0.25) is 0 Å². The molecular formula is C14H16FN3. The summed E-state index contributed by atoms with van der Waals surface area (Å²) < 4.78 is 13.3. The van der Waals surface area contributed by atoms with E-state index in [4.69, 9.17) is 5.73 Å². The first-order chi connectivity index (χ1) is 8.65. The molecule has 94 valence electrons. The van der Waals surface area contributed by atoms with Crippen LogP contribution in [0.4, 0.5) is 10.1 Å². The summed E-state index contributed by atoms with van der Waals surface area (Å²) >= 11 is 0. The van der Waals surface area contributed by atoms with Crippen molar-refractivity contribution in [3.63, 3.8) is 0 Å². The summed E-state index contributed by atoms with van der Waals surface area (Å²) in [5, 5.41) is 0. The minimum Gasteiger partial charge on any atom is -0.396 e. The van der Waals surface area contributed by atoms with Gasteiger partial charge in [-0.2, -0.15) is 0 Å². The van der Waals surface area contributed by atoms with Crippen molar-refractivity contribution >= 4 is 5.69 Å². The first kappa shape index (κ1) is 12.5. The fourth-order valence-corrected chi connectivity index (χ4v) is 1.84. The lowest BCUT2D eigenvalue weighted by atomic mass is 10.2. The highest BCUT2D eigenvalue weighted by Gasteiger charge is 2.04. The zero-order chi connectivity index (χ0) is 13.0. The third-order valence-electron chi connectivity index (χ3n) is 2.72. The van der Waals surface area contributed by atoms with Crippen molar-refractivity contribution in [2.45, 2.75) is 13.1 Å². The highest BCUT2D eigenvalue weighted by molar-refractivity contribution is 5.41. The SMILES string of the molecule is CN(Cc1ccncc1)Cc1ccc(N)c(F)c1. The molecule has 0 aliphatic rings. The van der Waals surface area contributed by atoms with E-state index in [2.05, 4.69) is 9.88 Å². The smallest absolute Gasteiger partial charge is 0.146 e. The molecule has 0 aliphatic heterocycles. The predicted molar refractivity (Wildman–Crippen MR) is 70.2 cm³/mol. The Balaban J connectivity index is 1.99. The quantitative estimate of drug-likeness (QED) is 0.841. The van der Waals surface area contributed by atoms with E-state index in [9.17, 15) is 4.39 Å². The van der Waals surface area contributed by atoms with Crippen LogP contribution in [0.5, 0.6) is 0 Å². The summed E-state index contributed by atoms with van der Waals surface area (Å²) in [7, 11) is 1.99. The molecule has 0 fully saturated rings. The molecule has 0 saturated heterocycles. The summed E-state index contributed by atoms with van der Waals surface area (Å²) in [5.74, 6) is -0.357. The van der Waals surface area contributed by atoms with Crippen molar-refractivity contribution in [3.8, 4) is 0 Å². The van der Waals surface area contributed by atoms with Crippen LogP contribution in [0.3, 0.4) is 0 Å². The number of hydrogen-bond donors (Lipinski definition) is 1. The minimum atomic E-state index is -0.357. The maximum atomic E-state index is 13.3. The molecule has 1 aromatic carbocycles. The molecule has 2 rings (SSSR count). The van der Waals surface area contributed by atoms with Crippen LogP contribution >= 0.6 is 0 Å². The van der Waals surface area contributed by atoms with Crippen LogP contribution in [-0.2, 0) is 13.1 Å². The number of halogens is 1. The van der Waals surface area contributed by atoms with E-state index in [-0.39, 0.29) is 11.5 Å². The first-order valence-corrected chi connectivity index (χ1v) is 5.76. The fraction of sp³-hybridized carbons (Fsp3) is 0.214. The summed E-state index contributed by atoms with van der Waals surface area (Å²) in [6.07, 6.45) is 3.54. The second kappa shape index (κ2) is 5.60. The van der Waals surface area contributed by atoms with Gasteiger partial charge in [-0.05, 0) is 42.4 Å². The van der Waals surface area contributed by atoms with E-state index >= 15 is 0 Å². The maximum Gasteiger partial charge on any atom is 0.146 e. The van der Waals surface area contributed by atoms with Crippen molar-refractivity contribution in [2.24, 2.45) is 0 Å². The van der Waals surface area contributed by atoms with Gasteiger partial charge in [-0.1, -0.05) is 6.07 Å². The normalized spacial score (nSPS) is 10.8. The molecule has 0 bridgehead atoms. The van der Waals surface area contributed by atoms with E-state index in [1.165, 1.54) is 11.6 Å². The number of benzene rings is 1. The molecule has 1 heterocycles. The average molecular weight is 245 g/mol. The minimum absolute atomic E-state index is 0.190. The first-order valence-electron chi connectivity index (χ1n) is 5.76. The van der Waals surface area contributed by atoms with Gasteiger partial charge >= 0.3 is 0 Å². The van der Waals surface area contributed by atoms with E-state index in [1.807, 2.05) is 25.2 Å². The summed E-state index contributed by atoms with van der Waals surface area (Å²) in [6.45, 7) is 1.48. The molecule has 0 atom stereocenters. The Labute approximate surface area is 106 Å². The van der Waals surface area contributed by atoms with Crippen molar-refractivity contribution in [1.82, 2.24) is 9.88 Å². The molecule has 4 heteroatoms. The van der Waals surface area contributed by atoms with Crippen LogP contribution in [0.15, 0.2) is 42.7 Å². The van der Waals surface area contributed by atoms with Crippen LogP contribution < -0.4 is 5.73 Å². The maximum absolute atomic E-state index is 13.3. The van der Waals surface area contributed by atoms with Crippen LogP contribution in [0.25, 0.3) is 0 Å². The average Bonchev–Trinajstić information content (AvgIpc) is 2.35. The van der Waals surface area contributed by atoms with E-state index in [1.54, 1.807) is 18.5 Å². The summed E-state index contributed by atoms with van der Waals surface area (Å²) in [6, 6.07) is 8.88. The monoisotopic (exact) mass is 245 g/mol. The van der Waals surface area contributed by atoms with Gasteiger partial charge in [-0.3, -0.25) is 9.88 Å². The van der Waals surface area contributed by atoms with Gasteiger partial charge < -0.3 is 5.73 Å². The zero-order valence-corrected chi connectivity index (χ0v) is 10.3. The van der Waals surface area contributed by atoms with Crippen molar-refractivity contribution in [1.29, 1.82) is 0 Å². The van der Waals surface area contributed by atoms with E-state index < -0.39 is 0 Å². The fourth-order valence-electron chi connectivity index (χ4n) is 1.84.